The SMILES string of the molecule is C[B]c1cnc(-n2ccc3ccncc32)cc1C(=O)OC(=O)OC(C)C. The van der Waals surface area contributed by atoms with Gasteiger partial charge in [0, 0.05) is 24.0 Å². The predicted molar refractivity (Wildman–Crippen MR) is 97.1 cm³/mol. The van der Waals surface area contributed by atoms with Crippen LogP contribution in [0.3, 0.4) is 0 Å². The van der Waals surface area contributed by atoms with Gasteiger partial charge in [-0.25, -0.2) is 14.6 Å². The highest BCUT2D eigenvalue weighted by Crippen LogP contribution is 2.18. The van der Waals surface area contributed by atoms with Gasteiger partial charge in [-0.3, -0.25) is 9.55 Å². The van der Waals surface area contributed by atoms with Crippen molar-refractivity contribution in [2.75, 3.05) is 0 Å². The fourth-order valence-electron chi connectivity index (χ4n) is 2.51. The van der Waals surface area contributed by atoms with Crippen LogP contribution in [0.4, 0.5) is 4.79 Å². The number of rotatable bonds is 4. The highest BCUT2D eigenvalue weighted by molar-refractivity contribution is 6.53. The standard InChI is InChI=1S/C18H17BN3O4/c1-11(2)25-18(24)26-17(23)13-8-16(21-9-14(13)19-3)22-7-5-12-4-6-20-10-15(12)22/h4-11H,1-3H3. The predicted octanol–water partition coefficient (Wildman–Crippen LogP) is 2.50. The van der Waals surface area contributed by atoms with Gasteiger partial charge in [0.1, 0.15) is 5.82 Å². The molecule has 0 N–H and O–H groups in total. The Kier molecular flexibility index (Phi) is 5.02. The lowest BCUT2D eigenvalue weighted by Crippen LogP contribution is -2.26. The molecule has 0 saturated carbocycles. The maximum absolute atomic E-state index is 12.4. The third-order valence-electron chi connectivity index (χ3n) is 3.70. The first-order valence-electron chi connectivity index (χ1n) is 8.13. The molecule has 7 nitrogen and oxygen atoms in total. The van der Waals surface area contributed by atoms with Crippen LogP contribution >= 0.6 is 0 Å². The van der Waals surface area contributed by atoms with E-state index in [1.165, 1.54) is 0 Å². The summed E-state index contributed by atoms with van der Waals surface area (Å²) in [5.74, 6) is -0.273. The monoisotopic (exact) mass is 350 g/mol. The molecule has 0 atom stereocenters. The van der Waals surface area contributed by atoms with Crippen molar-refractivity contribution in [1.82, 2.24) is 14.5 Å². The topological polar surface area (TPSA) is 83.3 Å². The molecule has 26 heavy (non-hydrogen) atoms. The summed E-state index contributed by atoms with van der Waals surface area (Å²) in [7, 11) is 1.72. The number of esters is 1. The lowest BCUT2D eigenvalue weighted by atomic mass is 9.72. The van der Waals surface area contributed by atoms with Crippen LogP contribution in [-0.2, 0) is 9.47 Å². The largest absolute Gasteiger partial charge is 0.516 e. The number of fused-ring (bicyclic) bond motifs is 1. The Morgan fingerprint density at radius 3 is 2.77 bits per heavy atom. The number of carbonyl (C=O) groups is 2. The number of hydrogen-bond donors (Lipinski definition) is 0. The normalized spacial score (nSPS) is 10.8. The van der Waals surface area contributed by atoms with E-state index in [0.717, 1.165) is 10.9 Å². The summed E-state index contributed by atoms with van der Waals surface area (Å²) in [5, 5.41) is 0.998. The van der Waals surface area contributed by atoms with Crippen molar-refractivity contribution in [3.8, 4) is 5.82 Å². The first-order chi connectivity index (χ1) is 12.5. The van der Waals surface area contributed by atoms with Crippen molar-refractivity contribution < 1.29 is 19.1 Å². The number of hydrogen-bond acceptors (Lipinski definition) is 6. The first-order valence-corrected chi connectivity index (χ1v) is 8.13. The Bertz CT molecular complexity index is 968. The lowest BCUT2D eigenvalue weighted by molar-refractivity contribution is 0.0284. The molecule has 0 saturated heterocycles. The van der Waals surface area contributed by atoms with Gasteiger partial charge in [-0.2, -0.15) is 0 Å². The van der Waals surface area contributed by atoms with Gasteiger partial charge in [0.15, 0.2) is 7.28 Å². The minimum atomic E-state index is -1.03. The zero-order valence-corrected chi connectivity index (χ0v) is 14.7. The third kappa shape index (κ3) is 3.59. The first kappa shape index (κ1) is 17.7. The molecule has 131 valence electrons. The molecule has 8 heteroatoms. The highest BCUT2D eigenvalue weighted by Gasteiger charge is 2.20. The molecule has 0 aliphatic heterocycles. The second kappa shape index (κ2) is 7.39. The summed E-state index contributed by atoms with van der Waals surface area (Å²) < 4.78 is 11.4. The molecule has 0 aromatic carbocycles. The van der Waals surface area contributed by atoms with Crippen LogP contribution in [0.1, 0.15) is 24.2 Å². The fraction of sp³-hybridized carbons (Fsp3) is 0.222. The average molecular weight is 350 g/mol. The van der Waals surface area contributed by atoms with Crippen LogP contribution in [0, 0.1) is 0 Å². The molecule has 0 spiro atoms. The molecule has 0 aliphatic carbocycles. The summed E-state index contributed by atoms with van der Waals surface area (Å²) in [5.41, 5.74) is 1.64. The van der Waals surface area contributed by atoms with Crippen molar-refractivity contribution in [1.29, 1.82) is 0 Å². The van der Waals surface area contributed by atoms with Crippen LogP contribution in [0.15, 0.2) is 43.0 Å². The van der Waals surface area contributed by atoms with Crippen molar-refractivity contribution >= 4 is 35.8 Å². The van der Waals surface area contributed by atoms with Gasteiger partial charge in [-0.15, -0.1) is 0 Å². The minimum absolute atomic E-state index is 0.226. The van der Waals surface area contributed by atoms with Gasteiger partial charge in [0.2, 0.25) is 0 Å². The second-order valence-electron chi connectivity index (χ2n) is 5.84. The molecule has 0 unspecified atom stereocenters. The summed E-state index contributed by atoms with van der Waals surface area (Å²) >= 11 is 0. The molecular weight excluding hydrogens is 333 g/mol. The van der Waals surface area contributed by atoms with Gasteiger partial charge < -0.3 is 9.47 Å². The molecule has 0 fully saturated rings. The van der Waals surface area contributed by atoms with E-state index in [2.05, 4.69) is 9.97 Å². The minimum Gasteiger partial charge on any atom is -0.431 e. The Labute approximate surface area is 151 Å². The Morgan fingerprint density at radius 2 is 2.04 bits per heavy atom. The second-order valence-corrected chi connectivity index (χ2v) is 5.84. The van der Waals surface area contributed by atoms with Crippen molar-refractivity contribution in [2.45, 2.75) is 26.8 Å². The zero-order chi connectivity index (χ0) is 18.7. The van der Waals surface area contributed by atoms with E-state index in [0.29, 0.717) is 11.3 Å². The molecule has 3 heterocycles. The van der Waals surface area contributed by atoms with Crippen LogP contribution in [0.25, 0.3) is 16.7 Å². The molecule has 3 aromatic heterocycles. The number of nitrogens with zero attached hydrogens (tertiary/aromatic N) is 3. The molecule has 0 amide bonds. The van der Waals surface area contributed by atoms with Crippen LogP contribution in [-0.4, -0.2) is 40.0 Å². The average Bonchev–Trinajstić information content (AvgIpc) is 3.04. The van der Waals surface area contributed by atoms with E-state index in [1.807, 2.05) is 22.9 Å². The summed E-state index contributed by atoms with van der Waals surface area (Å²) in [6.45, 7) is 5.12. The number of carbonyl (C=O) groups excluding carboxylic acids is 2. The molecular formula is C18H17BN3O4. The van der Waals surface area contributed by atoms with E-state index < -0.39 is 12.1 Å². The Morgan fingerprint density at radius 1 is 1.23 bits per heavy atom. The highest BCUT2D eigenvalue weighted by atomic mass is 16.7. The molecule has 3 rings (SSSR count). The van der Waals surface area contributed by atoms with Gasteiger partial charge in [-0.1, -0.05) is 12.3 Å². The van der Waals surface area contributed by atoms with Crippen molar-refractivity contribution in [3.63, 3.8) is 0 Å². The van der Waals surface area contributed by atoms with Crippen LogP contribution in [0.2, 0.25) is 6.82 Å². The maximum Gasteiger partial charge on any atom is 0.516 e. The van der Waals surface area contributed by atoms with E-state index in [9.17, 15) is 9.59 Å². The molecule has 3 aromatic rings. The number of aromatic nitrogens is 3. The molecule has 0 aliphatic rings. The molecule has 0 bridgehead atoms. The van der Waals surface area contributed by atoms with E-state index in [1.54, 1.807) is 52.6 Å². The molecule has 1 radical (unpaired) electrons. The van der Waals surface area contributed by atoms with Crippen LogP contribution < -0.4 is 5.46 Å². The van der Waals surface area contributed by atoms with Gasteiger partial charge >= 0.3 is 12.1 Å². The Hall–Kier alpha value is -3.16. The van der Waals surface area contributed by atoms with E-state index >= 15 is 0 Å². The van der Waals surface area contributed by atoms with Crippen LogP contribution in [0.5, 0.6) is 0 Å². The number of pyridine rings is 2. The quantitative estimate of drug-likeness (QED) is 0.408. The lowest BCUT2D eigenvalue weighted by Gasteiger charge is -2.11. The maximum atomic E-state index is 12.4. The fourth-order valence-corrected chi connectivity index (χ4v) is 2.51. The van der Waals surface area contributed by atoms with Gasteiger partial charge in [-0.05, 0) is 32.0 Å². The summed E-state index contributed by atoms with van der Waals surface area (Å²) in [4.78, 5) is 32.5. The zero-order valence-electron chi connectivity index (χ0n) is 14.7. The van der Waals surface area contributed by atoms with Crippen molar-refractivity contribution in [3.05, 3.63) is 48.5 Å². The smallest absolute Gasteiger partial charge is 0.431 e. The number of ether oxygens (including phenoxy) is 2. The van der Waals surface area contributed by atoms with E-state index in [-0.39, 0.29) is 11.7 Å². The van der Waals surface area contributed by atoms with Gasteiger partial charge in [0.05, 0.1) is 23.4 Å². The van der Waals surface area contributed by atoms with Crippen molar-refractivity contribution in [2.24, 2.45) is 0 Å². The third-order valence-corrected chi connectivity index (χ3v) is 3.70. The Balaban J connectivity index is 1.96. The summed E-state index contributed by atoms with van der Waals surface area (Å²) in [6.07, 6.45) is 5.42. The van der Waals surface area contributed by atoms with E-state index in [4.69, 9.17) is 9.47 Å². The van der Waals surface area contributed by atoms with Gasteiger partial charge in [0.25, 0.3) is 0 Å². The summed E-state index contributed by atoms with van der Waals surface area (Å²) in [6, 6.07) is 5.39.